The smallest absolute Gasteiger partial charge is 0.462 e. The van der Waals surface area contributed by atoms with Crippen molar-refractivity contribution in [2.45, 2.75) is 361 Å². The summed E-state index contributed by atoms with van der Waals surface area (Å²) in [5.74, 6) is -1.44. The lowest BCUT2D eigenvalue weighted by atomic mass is 10.0. The van der Waals surface area contributed by atoms with E-state index >= 15 is 0 Å². The summed E-state index contributed by atoms with van der Waals surface area (Å²) in [6.07, 6.45) is 53.5. The van der Waals surface area contributed by atoms with Crippen molar-refractivity contribution in [3.05, 3.63) is 24.3 Å². The summed E-state index contributed by atoms with van der Waals surface area (Å²) in [6.45, 7) is 7.14. The first kappa shape index (κ1) is 87.5. The predicted molar refractivity (Wildman–Crippen MR) is 363 cm³/mol. The van der Waals surface area contributed by atoms with Gasteiger partial charge >= 0.3 is 39.5 Å². The maximum absolute atomic E-state index is 13.0. The fourth-order valence-corrected chi connectivity index (χ4v) is 11.9. The molecule has 0 fully saturated rings. The van der Waals surface area contributed by atoms with Crippen molar-refractivity contribution in [3.8, 4) is 0 Å². The molecule has 19 heteroatoms. The number of esters is 4. The SMILES string of the molecule is CCCCCC/C=C\C=C/CCCCCCCC(=O)O[C@H](COC(=O)CCCCCCCCCCCCCCCC)COP(=O)(O)OC[C@@H](O)COP(=O)(O)OC[C@@H](COC(=O)CCCCCCCCCCCC)OC(=O)CCCCCCCCCCC(C)C. The average Bonchev–Trinajstić information content (AvgIpc) is 3.40. The zero-order valence-corrected chi connectivity index (χ0v) is 59.5. The van der Waals surface area contributed by atoms with Crippen LogP contribution in [0.2, 0.25) is 0 Å². The molecule has 0 aromatic rings. The maximum Gasteiger partial charge on any atom is 0.472 e. The molecule has 0 rings (SSSR count). The van der Waals surface area contributed by atoms with Crippen molar-refractivity contribution in [1.82, 2.24) is 0 Å². The molecule has 530 valence electrons. The van der Waals surface area contributed by atoms with Gasteiger partial charge in [-0.05, 0) is 57.3 Å². The normalized spacial score (nSPS) is 14.2. The van der Waals surface area contributed by atoms with Gasteiger partial charge in [0.2, 0.25) is 0 Å². The second kappa shape index (κ2) is 63.9. The molecule has 0 aromatic carbocycles. The van der Waals surface area contributed by atoms with Crippen molar-refractivity contribution in [3.63, 3.8) is 0 Å². The molecule has 3 N–H and O–H groups in total. The molecule has 0 amide bonds. The van der Waals surface area contributed by atoms with Gasteiger partial charge in [0.15, 0.2) is 12.2 Å². The van der Waals surface area contributed by atoms with Crippen LogP contribution in [0.3, 0.4) is 0 Å². The molecule has 0 heterocycles. The number of carbonyl (C=O) groups excluding carboxylic acids is 4. The van der Waals surface area contributed by atoms with Crippen LogP contribution in [0.5, 0.6) is 0 Å². The van der Waals surface area contributed by atoms with E-state index < -0.39 is 97.5 Å². The fraction of sp³-hybridized carbons (Fsp3) is 0.887. The lowest BCUT2D eigenvalue weighted by molar-refractivity contribution is -0.161. The molecule has 0 aliphatic heterocycles. The van der Waals surface area contributed by atoms with E-state index in [1.807, 2.05) is 0 Å². The van der Waals surface area contributed by atoms with Gasteiger partial charge in [0.1, 0.15) is 19.3 Å². The van der Waals surface area contributed by atoms with Crippen LogP contribution in [0.15, 0.2) is 24.3 Å². The average molecular weight is 1320 g/mol. The Morgan fingerprint density at radius 2 is 0.600 bits per heavy atom. The third kappa shape index (κ3) is 64.3. The second-order valence-electron chi connectivity index (χ2n) is 25.4. The molecule has 17 nitrogen and oxygen atoms in total. The van der Waals surface area contributed by atoms with Crippen LogP contribution < -0.4 is 0 Å². The van der Waals surface area contributed by atoms with E-state index in [9.17, 15) is 43.2 Å². The van der Waals surface area contributed by atoms with Crippen LogP contribution in [-0.4, -0.2) is 96.7 Å². The number of aliphatic hydroxyl groups is 1. The number of unbranched alkanes of at least 4 members (excludes halogenated alkanes) is 38. The number of phosphoric ester groups is 2. The number of hydrogen-bond donors (Lipinski definition) is 3. The van der Waals surface area contributed by atoms with E-state index in [0.717, 1.165) is 109 Å². The number of hydrogen-bond acceptors (Lipinski definition) is 15. The molecule has 90 heavy (non-hydrogen) atoms. The lowest BCUT2D eigenvalue weighted by Crippen LogP contribution is -2.30. The highest BCUT2D eigenvalue weighted by Gasteiger charge is 2.30. The van der Waals surface area contributed by atoms with Crippen molar-refractivity contribution in [1.29, 1.82) is 0 Å². The Kier molecular flexibility index (Phi) is 62.2. The van der Waals surface area contributed by atoms with Crippen LogP contribution in [-0.2, 0) is 65.4 Å². The van der Waals surface area contributed by atoms with Crippen LogP contribution in [0.4, 0.5) is 0 Å². The van der Waals surface area contributed by atoms with Gasteiger partial charge in [-0.3, -0.25) is 37.3 Å². The summed E-state index contributed by atoms with van der Waals surface area (Å²) in [5, 5.41) is 10.6. The third-order valence-electron chi connectivity index (χ3n) is 15.9. The van der Waals surface area contributed by atoms with Gasteiger partial charge in [0.25, 0.3) is 0 Å². The highest BCUT2D eigenvalue weighted by atomic mass is 31.2. The number of aliphatic hydroxyl groups excluding tert-OH is 1. The highest BCUT2D eigenvalue weighted by Crippen LogP contribution is 2.45. The van der Waals surface area contributed by atoms with Gasteiger partial charge in [-0.25, -0.2) is 9.13 Å². The summed E-state index contributed by atoms with van der Waals surface area (Å²) in [5.41, 5.74) is 0. The minimum atomic E-state index is -4.96. The maximum atomic E-state index is 13.0. The van der Waals surface area contributed by atoms with E-state index in [1.54, 1.807) is 0 Å². The molecule has 0 saturated carbocycles. The number of ether oxygens (including phenoxy) is 4. The summed E-state index contributed by atoms with van der Waals surface area (Å²) in [7, 11) is -9.91. The zero-order valence-electron chi connectivity index (χ0n) is 57.8. The van der Waals surface area contributed by atoms with E-state index in [2.05, 4.69) is 58.9 Å². The Bertz CT molecular complexity index is 1830. The van der Waals surface area contributed by atoms with Gasteiger partial charge in [-0.2, -0.15) is 0 Å². The molecule has 0 aromatic heterocycles. The van der Waals surface area contributed by atoms with E-state index in [0.29, 0.717) is 25.7 Å². The number of phosphoric acid groups is 2. The summed E-state index contributed by atoms with van der Waals surface area (Å²) < 4.78 is 68.2. The van der Waals surface area contributed by atoms with Gasteiger partial charge in [0.05, 0.1) is 26.4 Å². The molecule has 0 saturated heterocycles. The van der Waals surface area contributed by atoms with Crippen LogP contribution >= 0.6 is 15.6 Å². The Labute approximate surface area is 548 Å². The molecule has 0 bridgehead atoms. The number of allylic oxidation sites excluding steroid dienone is 4. The minimum Gasteiger partial charge on any atom is -0.462 e. The first-order chi connectivity index (χ1) is 43.5. The quantitative estimate of drug-likeness (QED) is 0.0169. The summed E-state index contributed by atoms with van der Waals surface area (Å²) >= 11 is 0. The largest absolute Gasteiger partial charge is 0.472 e. The van der Waals surface area contributed by atoms with Gasteiger partial charge in [0, 0.05) is 25.7 Å². The number of carbonyl (C=O) groups is 4. The predicted octanol–water partition coefficient (Wildman–Crippen LogP) is 20.1. The Hall–Kier alpha value is -2.46. The molecule has 0 radical (unpaired) electrons. The monoisotopic (exact) mass is 1320 g/mol. The van der Waals surface area contributed by atoms with Gasteiger partial charge in [-0.1, -0.05) is 290 Å². The topological polar surface area (TPSA) is 237 Å². The summed E-state index contributed by atoms with van der Waals surface area (Å²) in [6, 6.07) is 0. The lowest BCUT2D eigenvalue weighted by Gasteiger charge is -2.21. The first-order valence-electron chi connectivity index (χ1n) is 36.5. The second-order valence-corrected chi connectivity index (χ2v) is 28.3. The fourth-order valence-electron chi connectivity index (χ4n) is 10.3. The molecule has 0 spiro atoms. The van der Waals surface area contributed by atoms with Crippen LogP contribution in [0.1, 0.15) is 343 Å². The van der Waals surface area contributed by atoms with Crippen molar-refractivity contribution < 1.29 is 80.2 Å². The molecular formula is C71H134O17P2. The van der Waals surface area contributed by atoms with Crippen LogP contribution in [0, 0.1) is 5.92 Å². The molecule has 0 aliphatic carbocycles. The van der Waals surface area contributed by atoms with E-state index in [1.165, 1.54) is 154 Å². The van der Waals surface area contributed by atoms with E-state index in [-0.39, 0.29) is 25.7 Å². The van der Waals surface area contributed by atoms with Gasteiger partial charge < -0.3 is 33.8 Å². The molecule has 2 unspecified atom stereocenters. The van der Waals surface area contributed by atoms with Gasteiger partial charge in [-0.15, -0.1) is 0 Å². The Balaban J connectivity index is 5.28. The van der Waals surface area contributed by atoms with Crippen LogP contribution in [0.25, 0.3) is 0 Å². The molecule has 5 atom stereocenters. The minimum absolute atomic E-state index is 0.0855. The number of rotatable bonds is 69. The molecule has 0 aliphatic rings. The third-order valence-corrected chi connectivity index (χ3v) is 17.8. The van der Waals surface area contributed by atoms with Crippen molar-refractivity contribution in [2.75, 3.05) is 39.6 Å². The van der Waals surface area contributed by atoms with Crippen molar-refractivity contribution in [2.24, 2.45) is 5.92 Å². The first-order valence-corrected chi connectivity index (χ1v) is 39.4. The summed E-state index contributed by atoms with van der Waals surface area (Å²) in [4.78, 5) is 72.5. The highest BCUT2D eigenvalue weighted by molar-refractivity contribution is 7.47. The Morgan fingerprint density at radius 1 is 0.344 bits per heavy atom. The van der Waals surface area contributed by atoms with Crippen molar-refractivity contribution >= 4 is 39.5 Å². The molecular weight excluding hydrogens is 1190 g/mol. The van der Waals surface area contributed by atoms with E-state index in [4.69, 9.17) is 37.0 Å². The zero-order chi connectivity index (χ0) is 66.3. The Morgan fingerprint density at radius 3 is 0.911 bits per heavy atom. The standard InChI is InChI=1S/C71H134O17P2/c1-6-9-12-15-18-21-24-26-28-30-32-35-41-46-51-56-70(75)87-66(60-82-69(74)55-50-45-40-34-31-29-27-25-22-19-16-13-10-7-2)62-85-89(77,78)83-58-65(72)59-84-90(79,80)86-63-67(61-81-68(73)54-49-44-39-33-23-20-17-14-11-8-3)88-71(76)57-52-47-42-37-36-38-43-48-53-64(4)5/h21,24,26,28,64-67,72H,6-20,22-23,25,27,29-63H2,1-5H3,(H,77,78)(H,79,80)/b24-21-,28-26-/t65-,66-,67-/m1/s1.